The molecule has 7 heteroatoms. The van der Waals surface area contributed by atoms with Crippen LogP contribution < -0.4 is 5.43 Å². The van der Waals surface area contributed by atoms with Gasteiger partial charge in [0.25, 0.3) is 0 Å². The minimum Gasteiger partial charge on any atom is -0.507 e. The van der Waals surface area contributed by atoms with Crippen LogP contribution >= 0.6 is 0 Å². The van der Waals surface area contributed by atoms with E-state index in [0.717, 1.165) is 0 Å². The number of aliphatic hydroxyl groups is 1. The van der Waals surface area contributed by atoms with Crippen molar-refractivity contribution in [1.29, 1.82) is 0 Å². The molecule has 2 unspecified atom stereocenters. The van der Waals surface area contributed by atoms with Crippen LogP contribution in [0.15, 0.2) is 39.5 Å². The van der Waals surface area contributed by atoms with Crippen LogP contribution in [0, 0.1) is 0 Å². The lowest BCUT2D eigenvalue weighted by molar-refractivity contribution is 0.0976. The fraction of sp³-hybridized carbons (Fsp3) is 0.261. The van der Waals surface area contributed by atoms with E-state index in [1.165, 1.54) is 30.3 Å². The lowest BCUT2D eigenvalue weighted by Crippen LogP contribution is -2.23. The number of benzene rings is 2. The third-order valence-electron chi connectivity index (χ3n) is 6.04. The van der Waals surface area contributed by atoms with Gasteiger partial charge in [0.05, 0.1) is 29.2 Å². The molecule has 2 heterocycles. The van der Waals surface area contributed by atoms with E-state index >= 15 is 0 Å². The first-order chi connectivity index (χ1) is 14.3. The van der Waals surface area contributed by atoms with Gasteiger partial charge in [0, 0.05) is 17.2 Å². The van der Waals surface area contributed by atoms with E-state index in [4.69, 9.17) is 9.15 Å². The number of hydrogen-bond donors (Lipinski definition) is 2. The van der Waals surface area contributed by atoms with Gasteiger partial charge < -0.3 is 19.4 Å². The van der Waals surface area contributed by atoms with Crippen molar-refractivity contribution in [3.63, 3.8) is 0 Å². The summed E-state index contributed by atoms with van der Waals surface area (Å²) in [6.45, 7) is 3.23. The average molecular weight is 406 g/mol. The van der Waals surface area contributed by atoms with Crippen LogP contribution in [0.25, 0.3) is 11.0 Å². The number of rotatable bonds is 3. The highest BCUT2D eigenvalue weighted by molar-refractivity contribution is 6.32. The number of aliphatic hydroxyl groups excluding tert-OH is 1. The van der Waals surface area contributed by atoms with Crippen LogP contribution in [-0.4, -0.2) is 27.9 Å². The van der Waals surface area contributed by atoms with Crippen molar-refractivity contribution in [2.45, 2.75) is 38.6 Å². The molecule has 1 aromatic heterocycles. The zero-order valence-corrected chi connectivity index (χ0v) is 16.3. The van der Waals surface area contributed by atoms with Gasteiger partial charge in [-0.05, 0) is 31.0 Å². The van der Waals surface area contributed by atoms with Crippen molar-refractivity contribution in [1.82, 2.24) is 0 Å². The monoisotopic (exact) mass is 406 g/mol. The molecule has 5 rings (SSSR count). The minimum atomic E-state index is -0.800. The first-order valence-electron chi connectivity index (χ1n) is 9.66. The number of phenolic OH excluding ortho intramolecular Hbond substituents is 1. The minimum absolute atomic E-state index is 0.0314. The highest BCUT2D eigenvalue weighted by Crippen LogP contribution is 2.48. The van der Waals surface area contributed by atoms with Crippen LogP contribution in [0.2, 0.25) is 0 Å². The Labute approximate surface area is 170 Å². The van der Waals surface area contributed by atoms with Gasteiger partial charge in [-0.3, -0.25) is 14.4 Å². The van der Waals surface area contributed by atoms with Crippen molar-refractivity contribution in [3.05, 3.63) is 74.1 Å². The zero-order chi connectivity index (χ0) is 21.4. The summed E-state index contributed by atoms with van der Waals surface area (Å²) in [6, 6.07) is 6.92. The molecule has 1 aliphatic heterocycles. The lowest BCUT2D eigenvalue weighted by Gasteiger charge is -2.21. The zero-order valence-electron chi connectivity index (χ0n) is 16.3. The molecule has 0 radical (unpaired) electrons. The molecular formula is C23H18O7. The summed E-state index contributed by atoms with van der Waals surface area (Å²) >= 11 is 0. The molecule has 2 N–H and O–H groups in total. The largest absolute Gasteiger partial charge is 0.507 e. The number of ketones is 2. The summed E-state index contributed by atoms with van der Waals surface area (Å²) in [5, 5.41) is 20.1. The Bertz CT molecular complexity index is 1330. The molecule has 0 saturated carbocycles. The van der Waals surface area contributed by atoms with Crippen molar-refractivity contribution < 1.29 is 29.0 Å². The van der Waals surface area contributed by atoms with E-state index < -0.39 is 29.2 Å². The second-order valence-corrected chi connectivity index (χ2v) is 7.78. The summed E-state index contributed by atoms with van der Waals surface area (Å²) in [5.41, 5.74) is -1.22. The van der Waals surface area contributed by atoms with Crippen LogP contribution in [-0.2, 0) is 16.9 Å². The summed E-state index contributed by atoms with van der Waals surface area (Å²) in [4.78, 5) is 39.4. The summed E-state index contributed by atoms with van der Waals surface area (Å²) in [6.07, 6.45) is 0.586. The Morgan fingerprint density at radius 2 is 1.83 bits per heavy atom. The molecule has 1 saturated heterocycles. The fourth-order valence-electron chi connectivity index (χ4n) is 4.38. The Kier molecular flexibility index (Phi) is 3.81. The standard InChI is InChI=1S/C23H18O7/c1-3-15-23(2,30-15)16-8-14(26)17-10(9-24)7-12-19(22(17)29-16)21(28)18-11(20(12)27)5-4-6-13(18)25/h4-8,15,24-25H,3,9H2,1-2H3. The number of ether oxygens (including phenoxy) is 1. The van der Waals surface area contributed by atoms with E-state index in [0.29, 0.717) is 6.42 Å². The topological polar surface area (TPSA) is 117 Å². The molecule has 30 heavy (non-hydrogen) atoms. The predicted molar refractivity (Wildman–Crippen MR) is 106 cm³/mol. The van der Waals surface area contributed by atoms with E-state index in [2.05, 4.69) is 0 Å². The molecule has 3 aromatic rings. The van der Waals surface area contributed by atoms with Gasteiger partial charge in [-0.25, -0.2) is 0 Å². The van der Waals surface area contributed by atoms with Crippen molar-refractivity contribution in [3.8, 4) is 5.75 Å². The Morgan fingerprint density at radius 1 is 1.07 bits per heavy atom. The smallest absolute Gasteiger partial charge is 0.202 e. The molecule has 2 aliphatic rings. The molecule has 7 nitrogen and oxygen atoms in total. The van der Waals surface area contributed by atoms with Gasteiger partial charge in [0.2, 0.25) is 5.78 Å². The van der Waals surface area contributed by atoms with Gasteiger partial charge in [0.15, 0.2) is 16.8 Å². The van der Waals surface area contributed by atoms with Gasteiger partial charge in [-0.15, -0.1) is 0 Å². The molecule has 0 amide bonds. The van der Waals surface area contributed by atoms with Gasteiger partial charge in [-0.2, -0.15) is 0 Å². The van der Waals surface area contributed by atoms with Crippen LogP contribution in [0.1, 0.15) is 63.4 Å². The molecular weight excluding hydrogens is 388 g/mol. The fourth-order valence-corrected chi connectivity index (χ4v) is 4.38. The summed E-state index contributed by atoms with van der Waals surface area (Å²) < 4.78 is 11.7. The van der Waals surface area contributed by atoms with E-state index in [9.17, 15) is 24.6 Å². The number of hydrogen-bond acceptors (Lipinski definition) is 7. The highest BCUT2D eigenvalue weighted by atomic mass is 16.6. The number of carbonyl (C=O) groups is 2. The SMILES string of the molecule is CCC1OC1(C)c1cc(=O)c2c(CO)cc3c(c2o1)C(=O)c1c(O)cccc1C3=O. The van der Waals surface area contributed by atoms with Crippen molar-refractivity contribution in [2.24, 2.45) is 0 Å². The lowest BCUT2D eigenvalue weighted by atomic mass is 9.81. The second-order valence-electron chi connectivity index (χ2n) is 7.78. The molecule has 0 bridgehead atoms. The first-order valence-corrected chi connectivity index (χ1v) is 9.66. The molecule has 1 aliphatic carbocycles. The van der Waals surface area contributed by atoms with Crippen LogP contribution in [0.3, 0.4) is 0 Å². The first kappa shape index (κ1) is 18.7. The predicted octanol–water partition coefficient (Wildman–Crippen LogP) is 2.79. The summed E-state index contributed by atoms with van der Waals surface area (Å²) in [7, 11) is 0. The number of aromatic hydroxyl groups is 1. The van der Waals surface area contributed by atoms with E-state index in [-0.39, 0.29) is 56.4 Å². The Morgan fingerprint density at radius 3 is 2.50 bits per heavy atom. The van der Waals surface area contributed by atoms with E-state index in [1.54, 1.807) is 6.92 Å². The number of phenols is 1. The average Bonchev–Trinajstić information content (AvgIpc) is 3.42. The third kappa shape index (κ3) is 2.30. The maximum atomic E-state index is 13.3. The Balaban J connectivity index is 1.88. The normalized spacial score (nSPS) is 22.2. The maximum absolute atomic E-state index is 13.3. The highest BCUT2D eigenvalue weighted by Gasteiger charge is 2.55. The van der Waals surface area contributed by atoms with Gasteiger partial charge in [0.1, 0.15) is 17.1 Å². The number of fused-ring (bicyclic) bond motifs is 4. The quantitative estimate of drug-likeness (QED) is 0.502. The third-order valence-corrected chi connectivity index (χ3v) is 6.04. The van der Waals surface area contributed by atoms with E-state index in [1.807, 2.05) is 6.92 Å². The maximum Gasteiger partial charge on any atom is 0.202 e. The number of carbonyl (C=O) groups excluding carboxylic acids is 2. The van der Waals surface area contributed by atoms with Gasteiger partial charge >= 0.3 is 0 Å². The molecule has 1 fully saturated rings. The summed E-state index contributed by atoms with van der Waals surface area (Å²) in [5.74, 6) is -1.16. The Hall–Kier alpha value is -3.29. The second kappa shape index (κ2) is 6.10. The molecule has 0 spiro atoms. The van der Waals surface area contributed by atoms with Crippen molar-refractivity contribution >= 4 is 22.5 Å². The molecule has 2 atom stereocenters. The van der Waals surface area contributed by atoms with Crippen LogP contribution in [0.4, 0.5) is 0 Å². The van der Waals surface area contributed by atoms with Gasteiger partial charge in [-0.1, -0.05) is 19.1 Å². The molecule has 2 aromatic carbocycles. The van der Waals surface area contributed by atoms with Crippen molar-refractivity contribution in [2.75, 3.05) is 0 Å². The van der Waals surface area contributed by atoms with Crippen LogP contribution in [0.5, 0.6) is 5.75 Å². The molecule has 152 valence electrons. The number of epoxide rings is 1.